The van der Waals surface area contributed by atoms with E-state index in [4.69, 9.17) is 14.2 Å². The van der Waals surface area contributed by atoms with Crippen LogP contribution in [-0.4, -0.2) is 42.8 Å². The third-order valence-corrected chi connectivity index (χ3v) is 3.76. The molecule has 2 N–H and O–H groups in total. The van der Waals surface area contributed by atoms with Crippen LogP contribution in [0.2, 0.25) is 0 Å². The Labute approximate surface area is 151 Å². The van der Waals surface area contributed by atoms with Crippen LogP contribution in [0, 0.1) is 0 Å². The van der Waals surface area contributed by atoms with Gasteiger partial charge in [-0.3, -0.25) is 4.79 Å². The summed E-state index contributed by atoms with van der Waals surface area (Å²) in [4.78, 5) is 19.9. The van der Waals surface area contributed by atoms with Crippen LogP contribution >= 0.6 is 0 Å². The van der Waals surface area contributed by atoms with E-state index < -0.39 is 0 Å². The number of nitrogens with one attached hydrogen (secondary N) is 2. The molecule has 7 heteroatoms. The summed E-state index contributed by atoms with van der Waals surface area (Å²) in [7, 11) is 1.54. The summed E-state index contributed by atoms with van der Waals surface area (Å²) in [5, 5.41) is 2.86. The third-order valence-electron chi connectivity index (χ3n) is 3.76. The Balaban J connectivity index is 1.66. The molecule has 1 amide bonds. The lowest BCUT2D eigenvalue weighted by atomic mass is 10.2. The number of nitrogens with zero attached hydrogens (tertiary/aromatic N) is 1. The van der Waals surface area contributed by atoms with Crippen LogP contribution in [0.1, 0.15) is 17.3 Å². The summed E-state index contributed by atoms with van der Waals surface area (Å²) in [5.74, 6) is 0.933. The van der Waals surface area contributed by atoms with E-state index in [2.05, 4.69) is 15.3 Å². The summed E-state index contributed by atoms with van der Waals surface area (Å²) in [5.41, 5.74) is 2.46. The first kappa shape index (κ1) is 17.8. The van der Waals surface area contributed by atoms with Gasteiger partial charge in [-0.25, -0.2) is 4.98 Å². The number of carbonyl (C=O) groups is 1. The molecule has 0 aliphatic carbocycles. The van der Waals surface area contributed by atoms with Crippen molar-refractivity contribution in [2.75, 3.05) is 32.2 Å². The highest BCUT2D eigenvalue weighted by atomic mass is 16.5. The number of aromatic amines is 1. The first-order valence-corrected chi connectivity index (χ1v) is 8.35. The average Bonchev–Trinajstić information content (AvgIpc) is 3.09. The van der Waals surface area contributed by atoms with Crippen molar-refractivity contribution in [2.45, 2.75) is 6.92 Å². The van der Waals surface area contributed by atoms with Gasteiger partial charge in [-0.1, -0.05) is 0 Å². The number of amides is 1. The highest BCUT2D eigenvalue weighted by Crippen LogP contribution is 2.21. The number of H-pyrrole nitrogens is 1. The zero-order chi connectivity index (χ0) is 18.4. The number of hydrogen-bond acceptors (Lipinski definition) is 5. The minimum atomic E-state index is -0.248. The fraction of sp³-hybridized carbons (Fsp3) is 0.263. The average molecular weight is 355 g/mol. The van der Waals surface area contributed by atoms with Gasteiger partial charge in [0.25, 0.3) is 5.91 Å². The summed E-state index contributed by atoms with van der Waals surface area (Å²) >= 11 is 0. The molecule has 2 heterocycles. The topological polar surface area (TPSA) is 85.5 Å². The molecule has 0 saturated heterocycles. The maximum Gasteiger partial charge on any atom is 0.259 e. The van der Waals surface area contributed by atoms with Crippen LogP contribution in [0.25, 0.3) is 11.0 Å². The fourth-order valence-electron chi connectivity index (χ4n) is 2.46. The second-order valence-corrected chi connectivity index (χ2v) is 5.48. The lowest BCUT2D eigenvalue weighted by Gasteiger charge is -2.08. The number of hydrogen-bond donors (Lipinski definition) is 2. The zero-order valence-electron chi connectivity index (χ0n) is 14.7. The standard InChI is InChI=1S/C19H21N3O4/c1-3-25-10-11-26-14-6-4-13(5-7-14)21-19(23)15-12-20-16-8-9-17(24-2)22-18(15)16/h4-9,12,20H,3,10-11H2,1-2H3,(H,21,23). The van der Waals surface area contributed by atoms with Gasteiger partial charge >= 0.3 is 0 Å². The predicted molar refractivity (Wildman–Crippen MR) is 99.0 cm³/mol. The molecule has 0 radical (unpaired) electrons. The number of pyridine rings is 1. The second kappa shape index (κ2) is 8.35. The minimum Gasteiger partial charge on any atom is -0.491 e. The molecule has 26 heavy (non-hydrogen) atoms. The van der Waals surface area contributed by atoms with Gasteiger partial charge in [0.05, 0.1) is 24.8 Å². The molecule has 0 atom stereocenters. The first-order chi connectivity index (χ1) is 12.7. The van der Waals surface area contributed by atoms with Gasteiger partial charge in [0.1, 0.15) is 17.9 Å². The molecule has 0 unspecified atom stereocenters. The van der Waals surface area contributed by atoms with E-state index >= 15 is 0 Å². The molecule has 0 aliphatic rings. The van der Waals surface area contributed by atoms with Crippen molar-refractivity contribution >= 4 is 22.6 Å². The zero-order valence-corrected chi connectivity index (χ0v) is 14.7. The van der Waals surface area contributed by atoms with Crippen molar-refractivity contribution in [1.29, 1.82) is 0 Å². The smallest absolute Gasteiger partial charge is 0.259 e. The number of anilines is 1. The van der Waals surface area contributed by atoms with Crippen molar-refractivity contribution in [3.63, 3.8) is 0 Å². The normalized spacial score (nSPS) is 10.7. The van der Waals surface area contributed by atoms with Crippen LogP contribution < -0.4 is 14.8 Å². The van der Waals surface area contributed by atoms with Gasteiger partial charge < -0.3 is 24.5 Å². The van der Waals surface area contributed by atoms with Gasteiger partial charge in [0.15, 0.2) is 0 Å². The number of aromatic nitrogens is 2. The van der Waals surface area contributed by atoms with Crippen LogP contribution in [0.4, 0.5) is 5.69 Å². The number of fused-ring (bicyclic) bond motifs is 1. The molecular weight excluding hydrogens is 334 g/mol. The third kappa shape index (κ3) is 4.12. The monoisotopic (exact) mass is 355 g/mol. The van der Waals surface area contributed by atoms with E-state index in [0.29, 0.717) is 42.5 Å². The van der Waals surface area contributed by atoms with Crippen LogP contribution in [0.15, 0.2) is 42.6 Å². The van der Waals surface area contributed by atoms with Crippen LogP contribution in [0.5, 0.6) is 11.6 Å². The molecule has 7 nitrogen and oxygen atoms in total. The van der Waals surface area contributed by atoms with Crippen molar-refractivity contribution < 1.29 is 19.0 Å². The molecule has 3 rings (SSSR count). The van der Waals surface area contributed by atoms with Crippen molar-refractivity contribution in [1.82, 2.24) is 9.97 Å². The molecule has 1 aromatic carbocycles. The lowest BCUT2D eigenvalue weighted by molar-refractivity contribution is 0.102. The van der Waals surface area contributed by atoms with E-state index in [1.807, 2.05) is 13.0 Å². The summed E-state index contributed by atoms with van der Waals surface area (Å²) < 4.78 is 15.9. The quantitative estimate of drug-likeness (QED) is 0.606. The van der Waals surface area contributed by atoms with Gasteiger partial charge in [0, 0.05) is 24.6 Å². The van der Waals surface area contributed by atoms with Gasteiger partial charge in [-0.2, -0.15) is 0 Å². The van der Waals surface area contributed by atoms with Crippen LogP contribution in [-0.2, 0) is 4.74 Å². The Morgan fingerprint density at radius 1 is 1.15 bits per heavy atom. The van der Waals surface area contributed by atoms with Gasteiger partial charge in [0.2, 0.25) is 5.88 Å². The largest absolute Gasteiger partial charge is 0.491 e. The van der Waals surface area contributed by atoms with Gasteiger partial charge in [-0.15, -0.1) is 0 Å². The Bertz CT molecular complexity index is 874. The highest BCUT2D eigenvalue weighted by molar-refractivity contribution is 6.11. The second-order valence-electron chi connectivity index (χ2n) is 5.48. The van der Waals surface area contributed by atoms with E-state index in [1.54, 1.807) is 43.6 Å². The van der Waals surface area contributed by atoms with Gasteiger partial charge in [-0.05, 0) is 37.3 Å². The Morgan fingerprint density at radius 3 is 2.69 bits per heavy atom. The molecule has 0 spiro atoms. The summed E-state index contributed by atoms with van der Waals surface area (Å²) in [6, 6.07) is 10.8. The van der Waals surface area contributed by atoms with Crippen molar-refractivity contribution in [3.05, 3.63) is 48.2 Å². The minimum absolute atomic E-state index is 0.248. The number of benzene rings is 1. The number of carbonyl (C=O) groups excluding carboxylic acids is 1. The Morgan fingerprint density at radius 2 is 1.96 bits per heavy atom. The Hall–Kier alpha value is -3.06. The highest BCUT2D eigenvalue weighted by Gasteiger charge is 2.14. The summed E-state index contributed by atoms with van der Waals surface area (Å²) in [6.45, 7) is 3.65. The molecule has 136 valence electrons. The maximum absolute atomic E-state index is 12.6. The molecule has 0 saturated carbocycles. The number of methoxy groups -OCH3 is 1. The van der Waals surface area contributed by atoms with E-state index in [-0.39, 0.29) is 5.91 Å². The van der Waals surface area contributed by atoms with Crippen molar-refractivity contribution in [2.24, 2.45) is 0 Å². The molecule has 3 aromatic rings. The molecule has 0 bridgehead atoms. The number of ether oxygens (including phenoxy) is 3. The van der Waals surface area contributed by atoms with E-state index in [1.165, 1.54) is 0 Å². The van der Waals surface area contributed by atoms with Crippen LogP contribution in [0.3, 0.4) is 0 Å². The molecule has 2 aromatic heterocycles. The van der Waals surface area contributed by atoms with E-state index in [9.17, 15) is 4.79 Å². The van der Waals surface area contributed by atoms with Crippen molar-refractivity contribution in [3.8, 4) is 11.6 Å². The van der Waals surface area contributed by atoms with E-state index in [0.717, 1.165) is 11.3 Å². The molecule has 0 aliphatic heterocycles. The SMILES string of the molecule is CCOCCOc1ccc(NC(=O)c2c[nH]c3ccc(OC)nc23)cc1. The predicted octanol–water partition coefficient (Wildman–Crippen LogP) is 3.24. The molecule has 0 fully saturated rings. The first-order valence-electron chi connectivity index (χ1n) is 8.35. The Kier molecular flexibility index (Phi) is 5.70. The fourth-order valence-corrected chi connectivity index (χ4v) is 2.46. The maximum atomic E-state index is 12.6. The lowest BCUT2D eigenvalue weighted by Crippen LogP contribution is -2.11. The number of rotatable bonds is 8. The molecular formula is C19H21N3O4. The summed E-state index contributed by atoms with van der Waals surface area (Å²) in [6.07, 6.45) is 1.64.